The topological polar surface area (TPSA) is 68.3 Å². The van der Waals surface area contributed by atoms with Crippen molar-refractivity contribution in [1.82, 2.24) is 9.71 Å². The molecule has 0 spiro atoms. The summed E-state index contributed by atoms with van der Waals surface area (Å²) in [5.41, 5.74) is 2.45. The van der Waals surface area contributed by atoms with Gasteiger partial charge >= 0.3 is 0 Å². The SMILES string of the molecule is COc1ccc(C(NS(=O)(=O)c2cccc3cc(C)cnc23)C2CC2)cc1. The number of fused-ring (bicyclic) bond motifs is 1. The number of aromatic nitrogens is 1. The molecule has 1 aromatic heterocycles. The second kappa shape index (κ2) is 6.94. The molecule has 1 N–H and O–H groups in total. The monoisotopic (exact) mass is 382 g/mol. The van der Waals surface area contributed by atoms with Crippen molar-refractivity contribution in [2.45, 2.75) is 30.7 Å². The molecule has 1 fully saturated rings. The number of aryl methyl sites for hydroxylation is 1. The predicted molar refractivity (Wildman–Crippen MR) is 105 cm³/mol. The third kappa shape index (κ3) is 3.68. The Morgan fingerprint density at radius 2 is 1.89 bits per heavy atom. The van der Waals surface area contributed by atoms with E-state index < -0.39 is 10.0 Å². The van der Waals surface area contributed by atoms with Gasteiger partial charge in [0.2, 0.25) is 10.0 Å². The van der Waals surface area contributed by atoms with Gasteiger partial charge in [-0.2, -0.15) is 0 Å². The Hall–Kier alpha value is -2.44. The molecule has 140 valence electrons. The van der Waals surface area contributed by atoms with Crippen molar-refractivity contribution in [3.05, 3.63) is 65.9 Å². The first-order chi connectivity index (χ1) is 13.0. The molecule has 1 atom stereocenters. The van der Waals surface area contributed by atoms with Crippen LogP contribution in [0.25, 0.3) is 10.9 Å². The van der Waals surface area contributed by atoms with Gasteiger partial charge in [-0.05, 0) is 61.1 Å². The normalized spacial score (nSPS) is 15.6. The van der Waals surface area contributed by atoms with Gasteiger partial charge in [-0.25, -0.2) is 13.1 Å². The molecule has 27 heavy (non-hydrogen) atoms. The summed E-state index contributed by atoms with van der Waals surface area (Å²) >= 11 is 0. The number of sulfonamides is 1. The second-order valence-corrected chi connectivity index (χ2v) is 8.73. The first kappa shape index (κ1) is 17.9. The Bertz CT molecular complexity index is 1070. The van der Waals surface area contributed by atoms with Gasteiger partial charge < -0.3 is 4.74 Å². The number of ether oxygens (including phenoxy) is 1. The van der Waals surface area contributed by atoms with Crippen LogP contribution in [0.1, 0.15) is 30.0 Å². The van der Waals surface area contributed by atoms with Crippen LogP contribution in [0.4, 0.5) is 0 Å². The minimum absolute atomic E-state index is 0.221. The van der Waals surface area contributed by atoms with Crippen LogP contribution in [0.3, 0.4) is 0 Å². The molecular formula is C21H22N2O3S. The van der Waals surface area contributed by atoms with Gasteiger partial charge in [0.05, 0.1) is 12.6 Å². The molecule has 0 amide bonds. The van der Waals surface area contributed by atoms with Crippen LogP contribution in [0.5, 0.6) is 5.75 Å². The standard InChI is InChI=1S/C21H22N2O3S/c1-14-12-17-4-3-5-19(21(17)22-13-14)27(24,25)23-20(15-6-7-15)16-8-10-18(26-2)11-9-16/h3-5,8-13,15,20,23H,6-7H2,1-2H3. The van der Waals surface area contributed by atoms with E-state index in [1.165, 1.54) is 0 Å². The fourth-order valence-corrected chi connectivity index (χ4v) is 4.84. The quantitative estimate of drug-likeness (QED) is 0.700. The maximum Gasteiger partial charge on any atom is 0.243 e. The summed E-state index contributed by atoms with van der Waals surface area (Å²) < 4.78 is 34.5. The third-order valence-electron chi connectivity index (χ3n) is 4.95. The van der Waals surface area contributed by atoms with Gasteiger partial charge in [-0.3, -0.25) is 4.98 Å². The first-order valence-corrected chi connectivity index (χ1v) is 10.5. The summed E-state index contributed by atoms with van der Waals surface area (Å²) in [7, 11) is -2.10. The zero-order valence-corrected chi connectivity index (χ0v) is 16.2. The zero-order valence-electron chi connectivity index (χ0n) is 15.3. The van der Waals surface area contributed by atoms with Gasteiger partial charge in [-0.1, -0.05) is 24.3 Å². The van der Waals surface area contributed by atoms with Crippen LogP contribution in [0.15, 0.2) is 59.6 Å². The average molecular weight is 382 g/mol. The van der Waals surface area contributed by atoms with Gasteiger partial charge in [-0.15, -0.1) is 0 Å². The lowest BCUT2D eigenvalue weighted by atomic mass is 10.0. The predicted octanol–water partition coefficient (Wildman–Crippen LogP) is 3.98. The van der Waals surface area contributed by atoms with Crippen molar-refractivity contribution in [3.8, 4) is 5.75 Å². The lowest BCUT2D eigenvalue weighted by Crippen LogP contribution is -2.30. The minimum Gasteiger partial charge on any atom is -0.497 e. The summed E-state index contributed by atoms with van der Waals surface area (Å²) in [6.45, 7) is 1.94. The van der Waals surface area contributed by atoms with Crippen LogP contribution in [0.2, 0.25) is 0 Å². The van der Waals surface area contributed by atoms with Crippen molar-refractivity contribution in [3.63, 3.8) is 0 Å². The van der Waals surface area contributed by atoms with Crippen LogP contribution in [-0.4, -0.2) is 20.5 Å². The van der Waals surface area contributed by atoms with E-state index in [0.29, 0.717) is 11.4 Å². The Morgan fingerprint density at radius 3 is 2.56 bits per heavy atom. The van der Waals surface area contributed by atoms with Crippen molar-refractivity contribution in [1.29, 1.82) is 0 Å². The molecule has 5 nitrogen and oxygen atoms in total. The highest BCUT2D eigenvalue weighted by molar-refractivity contribution is 7.89. The van der Waals surface area contributed by atoms with Crippen molar-refractivity contribution in [2.75, 3.05) is 7.11 Å². The Morgan fingerprint density at radius 1 is 1.15 bits per heavy atom. The first-order valence-electron chi connectivity index (χ1n) is 8.99. The van der Waals surface area contributed by atoms with E-state index in [0.717, 1.165) is 35.1 Å². The van der Waals surface area contributed by atoms with Crippen LogP contribution >= 0.6 is 0 Å². The molecule has 3 aromatic rings. The van der Waals surface area contributed by atoms with Gasteiger partial charge in [0.25, 0.3) is 0 Å². The maximum absolute atomic E-state index is 13.2. The summed E-state index contributed by atoms with van der Waals surface area (Å²) in [6.07, 6.45) is 3.74. The minimum atomic E-state index is -3.71. The van der Waals surface area contributed by atoms with Gasteiger partial charge in [0, 0.05) is 17.6 Å². The van der Waals surface area contributed by atoms with E-state index in [-0.39, 0.29) is 10.9 Å². The van der Waals surface area contributed by atoms with Crippen molar-refractivity contribution >= 4 is 20.9 Å². The number of para-hydroxylation sites is 1. The van der Waals surface area contributed by atoms with Gasteiger partial charge in [0.15, 0.2) is 0 Å². The lowest BCUT2D eigenvalue weighted by Gasteiger charge is -2.19. The van der Waals surface area contributed by atoms with E-state index in [2.05, 4.69) is 9.71 Å². The molecule has 1 aliphatic rings. The number of nitrogens with one attached hydrogen (secondary N) is 1. The van der Waals surface area contributed by atoms with Crippen LogP contribution in [0, 0.1) is 12.8 Å². The molecule has 0 aliphatic heterocycles. The highest BCUT2D eigenvalue weighted by atomic mass is 32.2. The number of hydrogen-bond acceptors (Lipinski definition) is 4. The molecule has 6 heteroatoms. The smallest absolute Gasteiger partial charge is 0.243 e. The highest BCUT2D eigenvalue weighted by Crippen LogP contribution is 2.42. The molecule has 1 aliphatic carbocycles. The molecule has 1 heterocycles. The van der Waals surface area contributed by atoms with Crippen molar-refractivity contribution < 1.29 is 13.2 Å². The average Bonchev–Trinajstić information content (AvgIpc) is 3.50. The number of benzene rings is 2. The van der Waals surface area contributed by atoms with Crippen LogP contribution < -0.4 is 9.46 Å². The molecule has 0 bridgehead atoms. The number of hydrogen-bond donors (Lipinski definition) is 1. The van der Waals surface area contributed by atoms with E-state index in [4.69, 9.17) is 4.74 Å². The molecule has 4 rings (SSSR count). The number of nitrogens with zero attached hydrogens (tertiary/aromatic N) is 1. The highest BCUT2D eigenvalue weighted by Gasteiger charge is 2.36. The summed E-state index contributed by atoms with van der Waals surface area (Å²) in [5, 5.41) is 0.824. The Kier molecular flexibility index (Phi) is 4.61. The molecule has 0 saturated heterocycles. The lowest BCUT2D eigenvalue weighted by molar-refractivity contribution is 0.414. The maximum atomic E-state index is 13.2. The summed E-state index contributed by atoms with van der Waals surface area (Å²) in [6, 6.07) is 14.5. The largest absolute Gasteiger partial charge is 0.497 e. The summed E-state index contributed by atoms with van der Waals surface area (Å²) in [4.78, 5) is 4.60. The molecule has 1 unspecified atom stereocenters. The Labute approximate surface area is 159 Å². The van der Waals surface area contributed by atoms with E-state index in [1.54, 1.807) is 25.4 Å². The molecule has 1 saturated carbocycles. The second-order valence-electron chi connectivity index (χ2n) is 7.05. The Balaban J connectivity index is 1.71. The zero-order chi connectivity index (χ0) is 19.0. The third-order valence-corrected chi connectivity index (χ3v) is 6.42. The number of pyridine rings is 1. The van der Waals surface area contributed by atoms with Gasteiger partial charge in [0.1, 0.15) is 10.6 Å². The number of methoxy groups -OCH3 is 1. The van der Waals surface area contributed by atoms with Crippen molar-refractivity contribution in [2.24, 2.45) is 5.92 Å². The summed E-state index contributed by atoms with van der Waals surface area (Å²) in [5.74, 6) is 1.07. The number of rotatable bonds is 6. The fraction of sp³-hybridized carbons (Fsp3) is 0.286. The molecule has 0 radical (unpaired) electrons. The van der Waals surface area contributed by atoms with E-state index in [1.807, 2.05) is 43.3 Å². The van der Waals surface area contributed by atoms with E-state index in [9.17, 15) is 8.42 Å². The van der Waals surface area contributed by atoms with Crippen LogP contribution in [-0.2, 0) is 10.0 Å². The van der Waals surface area contributed by atoms with E-state index >= 15 is 0 Å². The fourth-order valence-electron chi connectivity index (χ4n) is 3.37. The molecular weight excluding hydrogens is 360 g/mol. The molecule has 2 aromatic carbocycles.